The van der Waals surface area contributed by atoms with Crippen molar-refractivity contribution >= 4 is 17.0 Å². The number of hydrogen-bond donors (Lipinski definition) is 2. The molecule has 0 radical (unpaired) electrons. The number of hydrogen-bond acceptors (Lipinski definition) is 6. The van der Waals surface area contributed by atoms with E-state index in [0.29, 0.717) is 39.6 Å². The second kappa shape index (κ2) is 6.52. The van der Waals surface area contributed by atoms with Crippen LogP contribution in [0.5, 0.6) is 0 Å². The Morgan fingerprint density at radius 1 is 1.19 bits per heavy atom. The Morgan fingerprint density at radius 3 is 2.63 bits per heavy atom. The quantitative estimate of drug-likeness (QED) is 0.583. The third-order valence-corrected chi connectivity index (χ3v) is 4.40. The second-order valence-corrected chi connectivity index (χ2v) is 6.11. The lowest BCUT2D eigenvalue weighted by molar-refractivity contribution is 0.282. The number of pyridine rings is 2. The molecule has 7 heteroatoms. The lowest BCUT2D eigenvalue weighted by atomic mass is 10.2. The monoisotopic (exact) mass is 356 g/mol. The zero-order valence-electron chi connectivity index (χ0n) is 14.6. The summed E-state index contributed by atoms with van der Waals surface area (Å²) in [6.45, 7) is 1.76. The van der Waals surface area contributed by atoms with Gasteiger partial charge in [-0.1, -0.05) is 12.1 Å². The Morgan fingerprint density at radius 2 is 1.96 bits per heavy atom. The van der Waals surface area contributed by atoms with Crippen molar-refractivity contribution in [3.05, 3.63) is 65.5 Å². The molecule has 4 rings (SSSR count). The van der Waals surface area contributed by atoms with Gasteiger partial charge in [-0.25, -0.2) is 15.0 Å². The molecular formula is C20H16N6O. The van der Waals surface area contributed by atoms with Crippen LogP contribution in [0.15, 0.2) is 48.7 Å². The predicted molar refractivity (Wildman–Crippen MR) is 102 cm³/mol. The fourth-order valence-corrected chi connectivity index (χ4v) is 2.99. The summed E-state index contributed by atoms with van der Waals surface area (Å²) in [5.41, 5.74) is 10.7. The minimum absolute atomic E-state index is 0.0315. The molecule has 0 amide bonds. The summed E-state index contributed by atoms with van der Waals surface area (Å²) in [4.78, 5) is 13.5. The van der Waals surface area contributed by atoms with Crippen molar-refractivity contribution in [3.8, 4) is 23.1 Å². The van der Waals surface area contributed by atoms with Crippen LogP contribution in [-0.2, 0) is 6.61 Å². The number of nitriles is 1. The molecule has 3 aromatic heterocycles. The maximum Gasteiger partial charge on any atom is 0.165 e. The highest BCUT2D eigenvalue weighted by Gasteiger charge is 2.19. The number of aliphatic hydroxyl groups is 1. The largest absolute Gasteiger partial charge is 0.392 e. The number of nitrogens with two attached hydrogens (primary N) is 1. The number of imidazole rings is 1. The van der Waals surface area contributed by atoms with E-state index in [2.05, 4.69) is 16.0 Å². The molecule has 4 aromatic rings. The van der Waals surface area contributed by atoms with Gasteiger partial charge < -0.3 is 10.8 Å². The first-order chi connectivity index (χ1) is 13.1. The van der Waals surface area contributed by atoms with Gasteiger partial charge in [0.2, 0.25) is 0 Å². The van der Waals surface area contributed by atoms with E-state index < -0.39 is 0 Å². The standard InChI is InChI=1S/C20H16N6O/c1-12-14(10-21)9-17-20(24-12)26(15-6-4-13(11-27)5-7-15)19(25-17)16-3-2-8-23-18(16)22/h2-9,27H,11H2,1H3,(H2,22,23). The lowest BCUT2D eigenvalue weighted by Gasteiger charge is -2.11. The van der Waals surface area contributed by atoms with E-state index in [1.165, 1.54) is 0 Å². The molecule has 7 nitrogen and oxygen atoms in total. The van der Waals surface area contributed by atoms with Crippen molar-refractivity contribution in [1.82, 2.24) is 19.5 Å². The van der Waals surface area contributed by atoms with Gasteiger partial charge in [0.25, 0.3) is 0 Å². The number of aryl methyl sites for hydroxylation is 1. The summed E-state index contributed by atoms with van der Waals surface area (Å²) in [5.74, 6) is 0.951. The zero-order valence-corrected chi connectivity index (χ0v) is 14.6. The molecule has 0 aliphatic heterocycles. The van der Waals surface area contributed by atoms with Crippen molar-refractivity contribution in [2.75, 3.05) is 5.73 Å². The molecule has 0 bridgehead atoms. The SMILES string of the molecule is Cc1nc2c(cc1C#N)nc(-c1cccnc1N)n2-c1ccc(CO)cc1. The van der Waals surface area contributed by atoms with Crippen molar-refractivity contribution < 1.29 is 5.11 Å². The van der Waals surface area contributed by atoms with Crippen LogP contribution >= 0.6 is 0 Å². The van der Waals surface area contributed by atoms with Gasteiger partial charge in [-0.3, -0.25) is 4.57 Å². The van der Waals surface area contributed by atoms with E-state index >= 15 is 0 Å². The fraction of sp³-hybridized carbons (Fsp3) is 0.100. The molecule has 0 atom stereocenters. The topological polar surface area (TPSA) is 114 Å². The molecule has 3 N–H and O–H groups in total. The number of benzene rings is 1. The third-order valence-electron chi connectivity index (χ3n) is 4.40. The summed E-state index contributed by atoms with van der Waals surface area (Å²) in [5, 5.41) is 18.6. The Hall–Kier alpha value is -3.76. The molecule has 0 unspecified atom stereocenters. The number of rotatable bonds is 3. The summed E-state index contributed by atoms with van der Waals surface area (Å²) < 4.78 is 1.89. The fourth-order valence-electron chi connectivity index (χ4n) is 2.99. The van der Waals surface area contributed by atoms with Gasteiger partial charge in [0.15, 0.2) is 11.5 Å². The van der Waals surface area contributed by atoms with E-state index in [9.17, 15) is 10.4 Å². The van der Waals surface area contributed by atoms with Gasteiger partial charge in [-0.2, -0.15) is 5.26 Å². The van der Waals surface area contributed by atoms with Crippen molar-refractivity contribution in [3.63, 3.8) is 0 Å². The van der Waals surface area contributed by atoms with Gasteiger partial charge in [-0.05, 0) is 42.8 Å². The molecule has 3 heterocycles. The van der Waals surface area contributed by atoms with E-state index in [4.69, 9.17) is 10.7 Å². The molecule has 0 fully saturated rings. The molecule has 0 spiro atoms. The van der Waals surface area contributed by atoms with Crippen LogP contribution < -0.4 is 5.73 Å². The zero-order chi connectivity index (χ0) is 19.0. The van der Waals surface area contributed by atoms with Crippen LogP contribution in [0, 0.1) is 18.3 Å². The van der Waals surface area contributed by atoms with Gasteiger partial charge >= 0.3 is 0 Å². The molecule has 1 aromatic carbocycles. The Balaban J connectivity index is 2.06. The van der Waals surface area contributed by atoms with Gasteiger partial charge in [0.1, 0.15) is 17.4 Å². The highest BCUT2D eigenvalue weighted by Crippen LogP contribution is 2.31. The predicted octanol–water partition coefficient (Wildman–Crippen LogP) is 2.74. The summed E-state index contributed by atoms with van der Waals surface area (Å²) in [6, 6.07) is 15.0. The normalized spacial score (nSPS) is 10.9. The highest BCUT2D eigenvalue weighted by molar-refractivity contribution is 5.83. The minimum atomic E-state index is -0.0315. The summed E-state index contributed by atoms with van der Waals surface area (Å²) in [7, 11) is 0. The van der Waals surface area contributed by atoms with Gasteiger partial charge in [0, 0.05) is 11.9 Å². The minimum Gasteiger partial charge on any atom is -0.392 e. The van der Waals surface area contributed by atoms with E-state index in [1.54, 1.807) is 25.3 Å². The number of nitrogens with zero attached hydrogens (tertiary/aromatic N) is 5. The first kappa shape index (κ1) is 16.7. The number of nitrogen functional groups attached to an aromatic ring is 1. The second-order valence-electron chi connectivity index (χ2n) is 6.11. The van der Waals surface area contributed by atoms with E-state index in [-0.39, 0.29) is 6.61 Å². The van der Waals surface area contributed by atoms with Crippen LogP contribution in [-0.4, -0.2) is 24.6 Å². The average molecular weight is 356 g/mol. The Labute approximate surface area is 155 Å². The van der Waals surface area contributed by atoms with Crippen molar-refractivity contribution in [1.29, 1.82) is 5.26 Å². The summed E-state index contributed by atoms with van der Waals surface area (Å²) >= 11 is 0. The van der Waals surface area contributed by atoms with Gasteiger partial charge in [0.05, 0.1) is 23.4 Å². The van der Waals surface area contributed by atoms with Crippen LogP contribution in [0.2, 0.25) is 0 Å². The third kappa shape index (κ3) is 2.78. The first-order valence-electron chi connectivity index (χ1n) is 8.33. The van der Waals surface area contributed by atoms with Gasteiger partial charge in [-0.15, -0.1) is 0 Å². The molecule has 0 saturated carbocycles. The lowest BCUT2D eigenvalue weighted by Crippen LogP contribution is -2.02. The summed E-state index contributed by atoms with van der Waals surface area (Å²) in [6.07, 6.45) is 1.62. The van der Waals surface area contributed by atoms with Crippen molar-refractivity contribution in [2.45, 2.75) is 13.5 Å². The highest BCUT2D eigenvalue weighted by atomic mass is 16.3. The first-order valence-corrected chi connectivity index (χ1v) is 8.33. The molecule has 132 valence electrons. The molecule has 0 aliphatic carbocycles. The van der Waals surface area contributed by atoms with Crippen LogP contribution in [0.1, 0.15) is 16.8 Å². The van der Waals surface area contributed by atoms with Crippen LogP contribution in [0.25, 0.3) is 28.2 Å². The number of aromatic nitrogens is 4. The molecular weight excluding hydrogens is 340 g/mol. The Kier molecular flexibility index (Phi) is 4.03. The number of fused-ring (bicyclic) bond motifs is 1. The van der Waals surface area contributed by atoms with E-state index in [1.807, 2.05) is 34.9 Å². The van der Waals surface area contributed by atoms with Crippen LogP contribution in [0.3, 0.4) is 0 Å². The molecule has 0 aliphatic rings. The molecule has 0 saturated heterocycles. The molecule has 27 heavy (non-hydrogen) atoms. The average Bonchev–Trinajstić information content (AvgIpc) is 3.05. The maximum absolute atomic E-state index is 9.31. The number of anilines is 1. The number of aliphatic hydroxyl groups excluding tert-OH is 1. The smallest absolute Gasteiger partial charge is 0.165 e. The Bertz CT molecular complexity index is 1190. The van der Waals surface area contributed by atoms with Crippen molar-refractivity contribution in [2.24, 2.45) is 0 Å². The van der Waals surface area contributed by atoms with Crippen LogP contribution in [0.4, 0.5) is 5.82 Å². The van der Waals surface area contributed by atoms with E-state index in [0.717, 1.165) is 11.3 Å². The maximum atomic E-state index is 9.31.